The molecule has 1 atom stereocenters. The quantitative estimate of drug-likeness (QED) is 0.737. The zero-order valence-corrected chi connectivity index (χ0v) is 18.0. The number of carbonyl (C=O) groups excluding carboxylic acids is 2. The van der Waals surface area contributed by atoms with Crippen molar-refractivity contribution in [1.29, 1.82) is 0 Å². The van der Waals surface area contributed by atoms with Crippen LogP contribution in [0.4, 0.5) is 0 Å². The molecule has 2 N–H and O–H groups in total. The summed E-state index contributed by atoms with van der Waals surface area (Å²) >= 11 is 0. The third kappa shape index (κ3) is 5.92. The fourth-order valence-electron chi connectivity index (χ4n) is 2.71. The van der Waals surface area contributed by atoms with Crippen LogP contribution in [0.25, 0.3) is 10.9 Å². The fourth-order valence-corrected chi connectivity index (χ4v) is 3.92. The molecule has 0 saturated heterocycles. The van der Waals surface area contributed by atoms with Gasteiger partial charge in [0.1, 0.15) is 23.1 Å². The van der Waals surface area contributed by atoms with E-state index in [9.17, 15) is 9.59 Å². The van der Waals surface area contributed by atoms with E-state index in [0.717, 1.165) is 10.9 Å². The lowest BCUT2D eigenvalue weighted by molar-refractivity contribution is -0.156. The Labute approximate surface area is 162 Å². The summed E-state index contributed by atoms with van der Waals surface area (Å²) in [6.45, 7) is 5.45. The first kappa shape index (κ1) is 21.2. The van der Waals surface area contributed by atoms with Crippen molar-refractivity contribution in [2.45, 2.75) is 32.4 Å². The summed E-state index contributed by atoms with van der Waals surface area (Å²) in [5, 5.41) is 3.67. The minimum absolute atomic E-state index is 0.340. The van der Waals surface area contributed by atoms with Gasteiger partial charge >= 0.3 is 5.97 Å². The molecule has 0 unspecified atom stereocenters. The van der Waals surface area contributed by atoms with Gasteiger partial charge in [-0.2, -0.15) is 0 Å². The number of rotatable bonds is 6. The van der Waals surface area contributed by atoms with E-state index in [0.29, 0.717) is 17.2 Å². The number of hydrogen-bond donors (Lipinski definition) is 2. The van der Waals surface area contributed by atoms with Crippen molar-refractivity contribution < 1.29 is 19.1 Å². The van der Waals surface area contributed by atoms with Gasteiger partial charge in [0.2, 0.25) is 0 Å². The molecule has 0 saturated carbocycles. The van der Waals surface area contributed by atoms with Crippen LogP contribution in [0.2, 0.25) is 0 Å². The van der Waals surface area contributed by atoms with Crippen LogP contribution in [0.5, 0.6) is 5.75 Å². The number of amides is 1. The lowest BCUT2D eigenvalue weighted by Gasteiger charge is -2.31. The van der Waals surface area contributed by atoms with Crippen molar-refractivity contribution in [3.8, 4) is 5.75 Å². The third-order valence-corrected chi connectivity index (χ3v) is 5.09. The molecular formula is C20H30N2O4S. The molecule has 7 heteroatoms. The molecule has 0 aliphatic carbocycles. The normalized spacial score (nSPS) is 13.9. The Morgan fingerprint density at radius 3 is 2.44 bits per heavy atom. The zero-order valence-electron chi connectivity index (χ0n) is 17.1. The van der Waals surface area contributed by atoms with Crippen molar-refractivity contribution in [2.75, 3.05) is 31.6 Å². The van der Waals surface area contributed by atoms with E-state index in [4.69, 9.17) is 9.47 Å². The number of H-pyrrole nitrogens is 1. The molecule has 1 aromatic carbocycles. The maximum atomic E-state index is 12.8. The van der Waals surface area contributed by atoms with Crippen LogP contribution in [0, 0.1) is 0 Å². The van der Waals surface area contributed by atoms with Gasteiger partial charge in [-0.05, 0) is 57.7 Å². The van der Waals surface area contributed by atoms with Gasteiger partial charge in [0, 0.05) is 16.7 Å². The highest BCUT2D eigenvalue weighted by Gasteiger charge is 2.30. The van der Waals surface area contributed by atoms with Crippen LogP contribution in [-0.4, -0.2) is 60.1 Å². The molecule has 27 heavy (non-hydrogen) atoms. The van der Waals surface area contributed by atoms with Crippen LogP contribution in [0.15, 0.2) is 24.3 Å². The molecule has 1 heterocycles. The van der Waals surface area contributed by atoms with Crippen molar-refractivity contribution in [3.63, 3.8) is 0 Å². The van der Waals surface area contributed by atoms with Gasteiger partial charge in [-0.25, -0.2) is 14.8 Å². The fraction of sp³-hybridized carbons (Fsp3) is 0.500. The standard InChI is InChI=1S/C20H30N2O4S/c1-20(2,3)26-19(24)16(12-27(5,6)7)22-18(23)15-11-13-14(21-15)9-8-10-17(13)25-4/h8-11,16,21H,12H2,1-7H3,(H,22,23)/t16-/m0/s1. The highest BCUT2D eigenvalue weighted by atomic mass is 32.3. The third-order valence-electron chi connectivity index (χ3n) is 3.75. The Kier molecular flexibility index (Phi) is 6.14. The molecule has 6 nitrogen and oxygen atoms in total. The van der Waals surface area contributed by atoms with E-state index < -0.39 is 27.6 Å². The second kappa shape index (κ2) is 7.84. The lowest BCUT2D eigenvalue weighted by Crippen LogP contribution is -2.47. The Balaban J connectivity index is 2.25. The number of benzene rings is 1. The Hall–Kier alpha value is -2.15. The molecule has 150 valence electrons. The number of aromatic nitrogens is 1. The van der Waals surface area contributed by atoms with Crippen molar-refractivity contribution in [3.05, 3.63) is 30.0 Å². The predicted molar refractivity (Wildman–Crippen MR) is 112 cm³/mol. The zero-order chi connectivity index (χ0) is 20.4. The maximum Gasteiger partial charge on any atom is 0.329 e. The molecule has 2 aromatic rings. The molecular weight excluding hydrogens is 364 g/mol. The van der Waals surface area contributed by atoms with Gasteiger partial charge in [0.05, 0.1) is 7.11 Å². The summed E-state index contributed by atoms with van der Waals surface area (Å²) in [5.41, 5.74) is 0.573. The number of carbonyl (C=O) groups is 2. The minimum Gasteiger partial charge on any atom is -0.496 e. The number of hydrogen-bond acceptors (Lipinski definition) is 4. The summed E-state index contributed by atoms with van der Waals surface area (Å²) in [5.74, 6) is 0.488. The summed E-state index contributed by atoms with van der Waals surface area (Å²) < 4.78 is 10.8. The van der Waals surface area contributed by atoms with Gasteiger partial charge in [0.15, 0.2) is 0 Å². The van der Waals surface area contributed by atoms with E-state index in [-0.39, 0.29) is 5.91 Å². The van der Waals surface area contributed by atoms with E-state index in [2.05, 4.69) is 29.1 Å². The SMILES string of the molecule is COc1cccc2[nH]c(C(=O)N[C@@H](CS(C)(C)C)C(=O)OC(C)(C)C)cc12. The number of esters is 1. The highest BCUT2D eigenvalue weighted by molar-refractivity contribution is 8.32. The molecule has 0 radical (unpaired) electrons. The first-order valence-corrected chi connectivity index (χ1v) is 11.8. The van der Waals surface area contributed by atoms with Gasteiger partial charge in [0.25, 0.3) is 5.91 Å². The van der Waals surface area contributed by atoms with Gasteiger partial charge < -0.3 is 19.8 Å². The highest BCUT2D eigenvalue weighted by Crippen LogP contribution is 2.35. The summed E-state index contributed by atoms with van der Waals surface area (Å²) in [6.07, 6.45) is 6.30. The van der Waals surface area contributed by atoms with Crippen LogP contribution in [0.1, 0.15) is 31.3 Å². The Bertz CT molecular complexity index is 831. The molecule has 0 fully saturated rings. The van der Waals surface area contributed by atoms with Crippen LogP contribution < -0.4 is 10.1 Å². The van der Waals surface area contributed by atoms with E-state index in [1.807, 2.05) is 39.0 Å². The first-order valence-electron chi connectivity index (χ1n) is 8.75. The van der Waals surface area contributed by atoms with E-state index in [1.54, 1.807) is 13.2 Å². The average Bonchev–Trinajstić information content (AvgIpc) is 2.95. The molecule has 0 aliphatic heterocycles. The number of nitrogens with one attached hydrogen (secondary N) is 2. The Morgan fingerprint density at radius 1 is 1.22 bits per heavy atom. The van der Waals surface area contributed by atoms with Crippen LogP contribution in [-0.2, 0) is 9.53 Å². The smallest absolute Gasteiger partial charge is 0.329 e. The van der Waals surface area contributed by atoms with E-state index in [1.165, 1.54) is 0 Å². The average molecular weight is 395 g/mol. The molecule has 2 rings (SSSR count). The topological polar surface area (TPSA) is 80.4 Å². The molecule has 0 bridgehead atoms. The maximum absolute atomic E-state index is 12.8. The Morgan fingerprint density at radius 2 is 1.89 bits per heavy atom. The molecule has 0 aliphatic rings. The summed E-state index contributed by atoms with van der Waals surface area (Å²) in [4.78, 5) is 28.5. The van der Waals surface area contributed by atoms with Crippen molar-refractivity contribution in [1.82, 2.24) is 10.3 Å². The van der Waals surface area contributed by atoms with E-state index >= 15 is 0 Å². The predicted octanol–water partition coefficient (Wildman–Crippen LogP) is 3.31. The summed E-state index contributed by atoms with van der Waals surface area (Å²) in [6, 6.07) is 6.61. The minimum atomic E-state index is -1.03. The molecule has 1 amide bonds. The molecule has 0 spiro atoms. The second-order valence-electron chi connectivity index (χ2n) is 8.42. The van der Waals surface area contributed by atoms with Crippen LogP contribution in [0.3, 0.4) is 0 Å². The van der Waals surface area contributed by atoms with Crippen molar-refractivity contribution >= 4 is 32.8 Å². The first-order chi connectivity index (χ1) is 12.4. The van der Waals surface area contributed by atoms with Gasteiger partial charge in [-0.15, -0.1) is 0 Å². The number of aromatic amines is 1. The second-order valence-corrected chi connectivity index (χ2v) is 12.9. The van der Waals surface area contributed by atoms with Crippen LogP contribution >= 0.6 is 10.0 Å². The monoisotopic (exact) mass is 394 g/mol. The van der Waals surface area contributed by atoms with Gasteiger partial charge in [-0.3, -0.25) is 4.79 Å². The lowest BCUT2D eigenvalue weighted by atomic mass is 10.2. The van der Waals surface area contributed by atoms with Crippen molar-refractivity contribution in [2.24, 2.45) is 0 Å². The number of ether oxygens (including phenoxy) is 2. The largest absolute Gasteiger partial charge is 0.496 e. The molecule has 1 aromatic heterocycles. The number of fused-ring (bicyclic) bond motifs is 1. The van der Waals surface area contributed by atoms with Gasteiger partial charge in [-0.1, -0.05) is 6.07 Å². The summed E-state index contributed by atoms with van der Waals surface area (Å²) in [7, 11) is 0.557. The number of methoxy groups -OCH3 is 1.